The molecule has 1 amide bonds. The second kappa shape index (κ2) is 12.5. The molecule has 0 unspecified atom stereocenters. The van der Waals surface area contributed by atoms with E-state index in [1.54, 1.807) is 37.3 Å². The number of esters is 1. The van der Waals surface area contributed by atoms with E-state index >= 15 is 0 Å². The Bertz CT molecular complexity index is 1840. The third-order valence-corrected chi connectivity index (χ3v) is 8.38. The molecule has 0 spiro atoms. The number of thiophene rings is 1. The molecule has 0 bridgehead atoms. The van der Waals surface area contributed by atoms with Gasteiger partial charge in [0.15, 0.2) is 6.61 Å². The number of rotatable bonds is 9. The van der Waals surface area contributed by atoms with Gasteiger partial charge in [0.1, 0.15) is 28.3 Å². The fourth-order valence-electron chi connectivity index (χ4n) is 5.11. The van der Waals surface area contributed by atoms with Crippen LogP contribution in [0.3, 0.4) is 0 Å². The molecule has 1 N–H and O–H groups in total. The van der Waals surface area contributed by atoms with Crippen LogP contribution < -0.4 is 20.2 Å². The number of fused-ring (bicyclic) bond motifs is 2. The Kier molecular flexibility index (Phi) is 8.24. The number of ether oxygens (including phenoxy) is 3. The molecule has 9 heteroatoms. The van der Waals surface area contributed by atoms with Gasteiger partial charge in [-0.15, -0.1) is 11.3 Å². The summed E-state index contributed by atoms with van der Waals surface area (Å²) in [5.74, 6) is 0.0917. The monoisotopic (exact) mass is 595 g/mol. The number of carbonyl (C=O) groups is 2. The fourth-order valence-corrected chi connectivity index (χ4v) is 6.40. The number of nitrogens with one attached hydrogen (secondary N) is 1. The molecule has 0 fully saturated rings. The summed E-state index contributed by atoms with van der Waals surface area (Å²) in [7, 11) is 0. The van der Waals surface area contributed by atoms with Crippen molar-refractivity contribution >= 4 is 39.2 Å². The van der Waals surface area contributed by atoms with Crippen molar-refractivity contribution < 1.29 is 28.2 Å². The lowest BCUT2D eigenvalue weighted by molar-refractivity contribution is -0.118. The fraction of sp³-hybridized carbons (Fsp3) is 0.206. The minimum Gasteiger partial charge on any atom is -0.484 e. The maximum absolute atomic E-state index is 13.1. The highest BCUT2D eigenvalue weighted by atomic mass is 32.1. The average Bonchev–Trinajstić information content (AvgIpc) is 3.40. The molecule has 0 radical (unpaired) electrons. The molecule has 3 aromatic carbocycles. The number of hydrogen-bond donors (Lipinski definition) is 1. The molecular weight excluding hydrogens is 566 g/mol. The summed E-state index contributed by atoms with van der Waals surface area (Å²) < 4.78 is 22.5. The first-order valence-corrected chi connectivity index (χ1v) is 14.9. The highest BCUT2D eigenvalue weighted by Crippen LogP contribution is 2.38. The summed E-state index contributed by atoms with van der Waals surface area (Å²) in [6, 6.07) is 22.1. The van der Waals surface area contributed by atoms with Gasteiger partial charge < -0.3 is 23.9 Å². The smallest absolute Gasteiger partial charge is 0.341 e. The van der Waals surface area contributed by atoms with Crippen LogP contribution in [0.25, 0.3) is 22.1 Å². The van der Waals surface area contributed by atoms with Gasteiger partial charge in [-0.25, -0.2) is 4.79 Å². The van der Waals surface area contributed by atoms with Gasteiger partial charge in [0.05, 0.1) is 17.6 Å². The Morgan fingerprint density at radius 2 is 1.67 bits per heavy atom. The van der Waals surface area contributed by atoms with E-state index in [4.69, 9.17) is 18.6 Å². The molecule has 6 rings (SSSR count). The minimum atomic E-state index is -0.421. The second-order valence-electron chi connectivity index (χ2n) is 10.1. The van der Waals surface area contributed by atoms with Gasteiger partial charge in [-0.1, -0.05) is 42.5 Å². The SMILES string of the molecule is CCOC(=O)c1c(NC(=O)COc2ccc3c(=O)c(Oc4ccc(-c5ccccc5)cc4)coc3c2)sc2c1CCCC2. The van der Waals surface area contributed by atoms with Crippen molar-refractivity contribution in [2.75, 3.05) is 18.5 Å². The van der Waals surface area contributed by atoms with Crippen molar-refractivity contribution in [3.05, 3.63) is 105 Å². The van der Waals surface area contributed by atoms with E-state index < -0.39 is 11.9 Å². The van der Waals surface area contributed by atoms with Gasteiger partial charge in [-0.05, 0) is 73.6 Å². The number of hydrogen-bond acceptors (Lipinski definition) is 8. The molecule has 2 heterocycles. The van der Waals surface area contributed by atoms with Gasteiger partial charge in [0.25, 0.3) is 5.91 Å². The maximum Gasteiger partial charge on any atom is 0.341 e. The first-order chi connectivity index (χ1) is 21.0. The number of anilines is 1. The molecular formula is C34H29NO7S. The molecule has 8 nitrogen and oxygen atoms in total. The predicted molar refractivity (Wildman–Crippen MR) is 165 cm³/mol. The number of benzene rings is 3. The summed E-state index contributed by atoms with van der Waals surface area (Å²) >= 11 is 1.42. The van der Waals surface area contributed by atoms with Crippen molar-refractivity contribution in [3.63, 3.8) is 0 Å². The molecule has 0 atom stereocenters. The summed E-state index contributed by atoms with van der Waals surface area (Å²) in [5.41, 5.74) is 3.52. The van der Waals surface area contributed by atoms with Crippen LogP contribution in [0.1, 0.15) is 40.6 Å². The summed E-state index contributed by atoms with van der Waals surface area (Å²) in [5, 5.41) is 3.64. The zero-order chi connectivity index (χ0) is 29.8. The average molecular weight is 596 g/mol. The van der Waals surface area contributed by atoms with Gasteiger partial charge in [-0.3, -0.25) is 9.59 Å². The van der Waals surface area contributed by atoms with E-state index in [0.29, 0.717) is 33.0 Å². The lowest BCUT2D eigenvalue weighted by Gasteiger charge is -2.12. The molecule has 43 heavy (non-hydrogen) atoms. The number of aryl methyl sites for hydroxylation is 1. The van der Waals surface area contributed by atoms with Crippen LogP contribution in [0.5, 0.6) is 17.2 Å². The third kappa shape index (κ3) is 6.17. The largest absolute Gasteiger partial charge is 0.484 e. The van der Waals surface area contributed by atoms with E-state index in [1.807, 2.05) is 42.5 Å². The van der Waals surface area contributed by atoms with Crippen molar-refractivity contribution in [1.82, 2.24) is 0 Å². The third-order valence-electron chi connectivity index (χ3n) is 7.18. The molecule has 1 aliphatic carbocycles. The normalized spacial score (nSPS) is 12.4. The molecule has 2 aromatic heterocycles. The van der Waals surface area contributed by atoms with Crippen LogP contribution in [0.15, 0.2) is 88.3 Å². The molecule has 218 valence electrons. The van der Waals surface area contributed by atoms with Crippen molar-refractivity contribution in [1.29, 1.82) is 0 Å². The highest BCUT2D eigenvalue weighted by molar-refractivity contribution is 7.17. The zero-order valence-corrected chi connectivity index (χ0v) is 24.3. The van der Waals surface area contributed by atoms with Gasteiger partial charge in [-0.2, -0.15) is 0 Å². The number of carbonyl (C=O) groups excluding carboxylic acids is 2. The molecule has 0 saturated heterocycles. The van der Waals surface area contributed by atoms with E-state index in [-0.39, 0.29) is 24.4 Å². The summed E-state index contributed by atoms with van der Waals surface area (Å²) in [6.07, 6.45) is 5.00. The minimum absolute atomic E-state index is 0.0593. The second-order valence-corrected chi connectivity index (χ2v) is 11.2. The van der Waals surface area contributed by atoms with Crippen molar-refractivity contribution in [2.45, 2.75) is 32.6 Å². The van der Waals surface area contributed by atoms with E-state index in [2.05, 4.69) is 5.32 Å². The Labute approximate surface area is 251 Å². The van der Waals surface area contributed by atoms with E-state index in [9.17, 15) is 14.4 Å². The van der Waals surface area contributed by atoms with Crippen LogP contribution >= 0.6 is 11.3 Å². The maximum atomic E-state index is 13.1. The van der Waals surface area contributed by atoms with Crippen LogP contribution in [-0.4, -0.2) is 25.1 Å². The first kappa shape index (κ1) is 28.2. The van der Waals surface area contributed by atoms with Gasteiger partial charge in [0.2, 0.25) is 11.2 Å². The lowest BCUT2D eigenvalue weighted by Crippen LogP contribution is -2.21. The van der Waals surface area contributed by atoms with E-state index in [0.717, 1.165) is 47.3 Å². The van der Waals surface area contributed by atoms with Crippen molar-refractivity contribution in [2.24, 2.45) is 0 Å². The predicted octanol–water partition coefficient (Wildman–Crippen LogP) is 7.39. The summed E-state index contributed by atoms with van der Waals surface area (Å²) in [4.78, 5) is 39.7. The van der Waals surface area contributed by atoms with Crippen LogP contribution in [0.2, 0.25) is 0 Å². The first-order valence-electron chi connectivity index (χ1n) is 14.1. The Balaban J connectivity index is 1.12. The van der Waals surface area contributed by atoms with E-state index in [1.165, 1.54) is 17.6 Å². The Morgan fingerprint density at radius 3 is 2.47 bits per heavy atom. The number of amides is 1. The van der Waals surface area contributed by atoms with Gasteiger partial charge in [0, 0.05) is 10.9 Å². The standard InChI is InChI=1S/C34H29NO7S/c1-2-39-34(38)31-26-10-6-7-11-29(26)43-33(31)35-30(36)20-40-24-16-17-25-27(18-24)41-19-28(32(25)37)42-23-14-12-22(13-15-23)21-8-4-3-5-9-21/h3-5,8-9,12-19H,2,6-7,10-11,20H2,1H3,(H,35,36). The lowest BCUT2D eigenvalue weighted by atomic mass is 9.95. The molecule has 0 saturated carbocycles. The topological polar surface area (TPSA) is 104 Å². The van der Waals surface area contributed by atoms with Crippen molar-refractivity contribution in [3.8, 4) is 28.4 Å². The quantitative estimate of drug-likeness (QED) is 0.177. The Morgan fingerprint density at radius 1 is 0.930 bits per heavy atom. The van der Waals surface area contributed by atoms with Crippen LogP contribution in [0, 0.1) is 0 Å². The summed E-state index contributed by atoms with van der Waals surface area (Å²) in [6.45, 7) is 1.72. The zero-order valence-electron chi connectivity index (χ0n) is 23.5. The van der Waals surface area contributed by atoms with Gasteiger partial charge >= 0.3 is 5.97 Å². The highest BCUT2D eigenvalue weighted by Gasteiger charge is 2.27. The molecule has 5 aromatic rings. The molecule has 0 aliphatic heterocycles. The van der Waals surface area contributed by atoms with Crippen LogP contribution in [0.4, 0.5) is 5.00 Å². The Hall–Kier alpha value is -4.89. The van der Waals surface area contributed by atoms with Crippen LogP contribution in [-0.2, 0) is 22.4 Å². The molecule has 1 aliphatic rings.